The molecule has 0 aliphatic heterocycles. The number of unbranched alkanes of at least 4 members (excludes halogenated alkanes) is 3. The van der Waals surface area contributed by atoms with Gasteiger partial charge in [-0.1, -0.05) is 56.2 Å². The first-order valence-electron chi connectivity index (χ1n) is 7.46. The molecule has 104 valence electrons. The molecule has 0 aliphatic rings. The third-order valence-electron chi connectivity index (χ3n) is 3.15. The molecule has 1 aromatic carbocycles. The maximum absolute atomic E-state index is 3.81. The fraction of sp³-hybridized carbons (Fsp3) is 0.444. The van der Waals surface area contributed by atoms with Gasteiger partial charge in [0.2, 0.25) is 0 Å². The molecule has 0 fully saturated rings. The SMILES string of the molecule is C=CCCC(/C=C/CCCCC)Nc1ccccc1. The number of hydrogen-bond donors (Lipinski definition) is 1. The van der Waals surface area contributed by atoms with Crippen LogP contribution in [0, 0.1) is 0 Å². The molecule has 0 spiro atoms. The Morgan fingerprint density at radius 2 is 1.95 bits per heavy atom. The van der Waals surface area contributed by atoms with Gasteiger partial charge in [0.05, 0.1) is 0 Å². The molecule has 1 N–H and O–H groups in total. The van der Waals surface area contributed by atoms with Crippen molar-refractivity contribution in [3.05, 3.63) is 55.1 Å². The van der Waals surface area contributed by atoms with Crippen LogP contribution in [0.5, 0.6) is 0 Å². The van der Waals surface area contributed by atoms with Crippen LogP contribution in [0.25, 0.3) is 0 Å². The second-order valence-corrected chi connectivity index (χ2v) is 4.91. The minimum atomic E-state index is 0.405. The highest BCUT2D eigenvalue weighted by atomic mass is 14.9. The Hall–Kier alpha value is -1.50. The second kappa shape index (κ2) is 10.4. The number of benzene rings is 1. The lowest BCUT2D eigenvalue weighted by Crippen LogP contribution is -2.16. The van der Waals surface area contributed by atoms with Crippen LogP contribution in [0.3, 0.4) is 0 Å². The maximum atomic E-state index is 3.81. The van der Waals surface area contributed by atoms with E-state index in [0.717, 1.165) is 12.8 Å². The van der Waals surface area contributed by atoms with Gasteiger partial charge < -0.3 is 5.32 Å². The van der Waals surface area contributed by atoms with E-state index in [9.17, 15) is 0 Å². The summed E-state index contributed by atoms with van der Waals surface area (Å²) in [5.41, 5.74) is 1.19. The summed E-state index contributed by atoms with van der Waals surface area (Å²) in [7, 11) is 0. The molecule has 1 aromatic rings. The van der Waals surface area contributed by atoms with E-state index in [-0.39, 0.29) is 0 Å². The number of para-hydroxylation sites is 1. The van der Waals surface area contributed by atoms with Crippen LogP contribution >= 0.6 is 0 Å². The Bertz CT molecular complexity index is 353. The molecule has 0 heterocycles. The first kappa shape index (κ1) is 15.6. The van der Waals surface area contributed by atoms with Crippen LogP contribution in [-0.4, -0.2) is 6.04 Å². The summed E-state index contributed by atoms with van der Waals surface area (Å²) in [6.45, 7) is 6.05. The topological polar surface area (TPSA) is 12.0 Å². The van der Waals surface area contributed by atoms with Gasteiger partial charge in [-0.15, -0.1) is 6.58 Å². The van der Waals surface area contributed by atoms with E-state index in [4.69, 9.17) is 0 Å². The molecule has 1 atom stereocenters. The lowest BCUT2D eigenvalue weighted by Gasteiger charge is -2.15. The first-order valence-corrected chi connectivity index (χ1v) is 7.46. The van der Waals surface area contributed by atoms with E-state index in [1.807, 2.05) is 12.1 Å². The van der Waals surface area contributed by atoms with Crippen molar-refractivity contribution in [3.8, 4) is 0 Å². The summed E-state index contributed by atoms with van der Waals surface area (Å²) in [5.74, 6) is 0. The highest BCUT2D eigenvalue weighted by Crippen LogP contribution is 2.12. The number of allylic oxidation sites excluding steroid dienone is 2. The molecule has 0 aliphatic carbocycles. The lowest BCUT2D eigenvalue weighted by atomic mass is 10.1. The minimum Gasteiger partial charge on any atom is -0.379 e. The van der Waals surface area contributed by atoms with E-state index >= 15 is 0 Å². The average molecular weight is 257 g/mol. The molecule has 0 bridgehead atoms. The van der Waals surface area contributed by atoms with E-state index in [0.29, 0.717) is 6.04 Å². The zero-order valence-corrected chi connectivity index (χ0v) is 12.1. The van der Waals surface area contributed by atoms with Crippen molar-refractivity contribution in [2.75, 3.05) is 5.32 Å². The normalized spacial score (nSPS) is 12.5. The Morgan fingerprint density at radius 1 is 1.16 bits per heavy atom. The number of nitrogens with one attached hydrogen (secondary N) is 1. The molecule has 19 heavy (non-hydrogen) atoms. The average Bonchev–Trinajstić information content (AvgIpc) is 2.45. The predicted octanol–water partition coefficient (Wildman–Crippen LogP) is 5.57. The van der Waals surface area contributed by atoms with Gasteiger partial charge in [-0.25, -0.2) is 0 Å². The minimum absolute atomic E-state index is 0.405. The second-order valence-electron chi connectivity index (χ2n) is 4.91. The van der Waals surface area contributed by atoms with Crippen LogP contribution in [-0.2, 0) is 0 Å². The summed E-state index contributed by atoms with van der Waals surface area (Å²) < 4.78 is 0. The summed E-state index contributed by atoms with van der Waals surface area (Å²) in [5, 5.41) is 3.57. The molecule has 1 nitrogen and oxygen atoms in total. The number of anilines is 1. The molecule has 0 aromatic heterocycles. The quantitative estimate of drug-likeness (QED) is 0.427. The third kappa shape index (κ3) is 7.50. The fourth-order valence-corrected chi connectivity index (χ4v) is 2.04. The first-order chi connectivity index (χ1) is 9.36. The largest absolute Gasteiger partial charge is 0.379 e. The van der Waals surface area contributed by atoms with Crippen molar-refractivity contribution >= 4 is 5.69 Å². The van der Waals surface area contributed by atoms with Crippen LogP contribution in [0.4, 0.5) is 5.69 Å². The summed E-state index contributed by atoms with van der Waals surface area (Å²) in [6, 6.07) is 10.8. The molecule has 1 heteroatoms. The summed E-state index contributed by atoms with van der Waals surface area (Å²) in [6.07, 6.45) is 13.9. The van der Waals surface area contributed by atoms with E-state index in [1.165, 1.54) is 31.4 Å². The van der Waals surface area contributed by atoms with Crippen molar-refractivity contribution in [1.29, 1.82) is 0 Å². The van der Waals surface area contributed by atoms with E-state index in [2.05, 4.69) is 55.2 Å². The van der Waals surface area contributed by atoms with Crippen LogP contribution in [0.15, 0.2) is 55.1 Å². The zero-order chi connectivity index (χ0) is 13.8. The van der Waals surface area contributed by atoms with Crippen molar-refractivity contribution in [2.24, 2.45) is 0 Å². The van der Waals surface area contributed by atoms with Gasteiger partial charge in [-0.2, -0.15) is 0 Å². The van der Waals surface area contributed by atoms with Gasteiger partial charge in [-0.3, -0.25) is 0 Å². The molecule has 0 radical (unpaired) electrons. The van der Waals surface area contributed by atoms with Gasteiger partial charge in [0.15, 0.2) is 0 Å². The molecule has 1 rings (SSSR count). The number of rotatable bonds is 10. The lowest BCUT2D eigenvalue weighted by molar-refractivity contribution is 0.722. The molecule has 0 saturated heterocycles. The Kier molecular flexibility index (Phi) is 8.54. The summed E-state index contributed by atoms with van der Waals surface area (Å²) in [4.78, 5) is 0. The molecular formula is C18H27N. The van der Waals surface area contributed by atoms with Gasteiger partial charge in [0.1, 0.15) is 0 Å². The van der Waals surface area contributed by atoms with Crippen LogP contribution in [0.1, 0.15) is 45.4 Å². The van der Waals surface area contributed by atoms with Crippen molar-refractivity contribution in [2.45, 2.75) is 51.5 Å². The van der Waals surface area contributed by atoms with Crippen molar-refractivity contribution < 1.29 is 0 Å². The molecule has 0 amide bonds. The maximum Gasteiger partial charge on any atom is 0.0447 e. The highest BCUT2D eigenvalue weighted by Gasteiger charge is 2.02. The van der Waals surface area contributed by atoms with Gasteiger partial charge in [0.25, 0.3) is 0 Å². The molecule has 0 saturated carbocycles. The zero-order valence-electron chi connectivity index (χ0n) is 12.1. The molecular weight excluding hydrogens is 230 g/mol. The van der Waals surface area contributed by atoms with Crippen molar-refractivity contribution in [1.82, 2.24) is 0 Å². The van der Waals surface area contributed by atoms with Gasteiger partial charge in [0, 0.05) is 11.7 Å². The van der Waals surface area contributed by atoms with Gasteiger partial charge >= 0.3 is 0 Å². The summed E-state index contributed by atoms with van der Waals surface area (Å²) >= 11 is 0. The monoisotopic (exact) mass is 257 g/mol. The van der Waals surface area contributed by atoms with Crippen LogP contribution in [0.2, 0.25) is 0 Å². The van der Waals surface area contributed by atoms with E-state index < -0.39 is 0 Å². The predicted molar refractivity (Wildman–Crippen MR) is 86.6 cm³/mol. The fourth-order valence-electron chi connectivity index (χ4n) is 2.04. The smallest absolute Gasteiger partial charge is 0.0447 e. The van der Waals surface area contributed by atoms with Gasteiger partial charge in [-0.05, 0) is 37.8 Å². The third-order valence-corrected chi connectivity index (χ3v) is 3.15. The van der Waals surface area contributed by atoms with Crippen LogP contribution < -0.4 is 5.32 Å². The Labute approximate surface area is 118 Å². The molecule has 1 unspecified atom stereocenters. The van der Waals surface area contributed by atoms with Crippen molar-refractivity contribution in [3.63, 3.8) is 0 Å². The Morgan fingerprint density at radius 3 is 2.63 bits per heavy atom. The van der Waals surface area contributed by atoms with E-state index in [1.54, 1.807) is 0 Å². The number of hydrogen-bond acceptors (Lipinski definition) is 1. The Balaban J connectivity index is 2.44. The highest BCUT2D eigenvalue weighted by molar-refractivity contribution is 5.44. The standard InChI is InChI=1S/C18H27N/c1-3-5-7-8-10-14-17(13-6-4-2)19-18-15-11-9-12-16-18/h4,9-12,14-17,19H,2-3,5-8,13H2,1H3/b14-10+.